The summed E-state index contributed by atoms with van der Waals surface area (Å²) in [5.41, 5.74) is 6.00. The van der Waals surface area contributed by atoms with E-state index in [0.717, 1.165) is 0 Å². The van der Waals surface area contributed by atoms with Crippen molar-refractivity contribution in [1.29, 1.82) is 0 Å². The number of nitrogens with two attached hydrogens (primary N) is 1. The molecule has 0 spiro atoms. The molecular weight excluding hydrogens is 175 g/mol. The Hall–Kier alpha value is -1.27. The maximum absolute atomic E-state index is 12.3. The van der Waals surface area contributed by atoms with Crippen LogP contribution in [0.1, 0.15) is 5.69 Å². The number of nitrogens with one attached hydrogen (secondary N) is 2. The number of halogens is 1. The third-order valence-corrected chi connectivity index (χ3v) is 1.84. The van der Waals surface area contributed by atoms with Crippen molar-refractivity contribution in [3.8, 4) is 0 Å². The zero-order chi connectivity index (χ0) is 9.73. The number of aromatic amines is 1. The van der Waals surface area contributed by atoms with Gasteiger partial charge in [-0.05, 0) is 0 Å². The molecule has 6 heteroatoms. The van der Waals surface area contributed by atoms with Crippen LogP contribution in [0.4, 0.5) is 4.48 Å². The Labute approximate surface area is 74.5 Å². The van der Waals surface area contributed by atoms with Crippen molar-refractivity contribution in [2.45, 2.75) is 12.0 Å². The van der Waals surface area contributed by atoms with Gasteiger partial charge in [-0.1, -0.05) is 0 Å². The van der Waals surface area contributed by atoms with E-state index in [1.165, 1.54) is 18.1 Å². The molecule has 72 valence electrons. The van der Waals surface area contributed by atoms with Gasteiger partial charge in [0.15, 0.2) is 0 Å². The van der Waals surface area contributed by atoms with Gasteiger partial charge in [-0.3, -0.25) is 0 Å². The first-order valence-electron chi connectivity index (χ1n) is 3.78. The van der Waals surface area contributed by atoms with Gasteiger partial charge in [0.2, 0.25) is 0 Å². The minimum Gasteiger partial charge on any atom is -0.348 e. The quantitative estimate of drug-likeness (QED) is 0.420. The summed E-state index contributed by atoms with van der Waals surface area (Å²) in [6.45, 7) is -0.105. The second-order valence-electron chi connectivity index (χ2n) is 2.83. The normalized spacial score (nSPS) is 15.2. The van der Waals surface area contributed by atoms with Crippen LogP contribution in [0.2, 0.25) is 0 Å². The molecule has 1 rings (SSSR count). The summed E-state index contributed by atoms with van der Waals surface area (Å²) >= 11 is 0. The van der Waals surface area contributed by atoms with Crippen molar-refractivity contribution in [3.63, 3.8) is 0 Å². The van der Waals surface area contributed by atoms with E-state index in [1.54, 1.807) is 0 Å². The van der Waals surface area contributed by atoms with Crippen molar-refractivity contribution in [2.75, 3.05) is 6.54 Å². The largest absolute Gasteiger partial charge is 0.348 e. The lowest BCUT2D eigenvalue weighted by atomic mass is 9.97. The van der Waals surface area contributed by atoms with Gasteiger partial charge < -0.3 is 15.5 Å². The molecule has 0 bridgehead atoms. The highest BCUT2D eigenvalue weighted by Gasteiger charge is 2.29. The highest BCUT2D eigenvalue weighted by molar-refractivity contribution is 5.65. The third-order valence-electron chi connectivity index (χ3n) is 1.84. The Kier molecular flexibility index (Phi) is 3.10. The van der Waals surface area contributed by atoms with Crippen molar-refractivity contribution in [3.05, 3.63) is 18.2 Å². The van der Waals surface area contributed by atoms with Gasteiger partial charge in [-0.15, -0.1) is 10.0 Å². The molecule has 1 atom stereocenters. The van der Waals surface area contributed by atoms with Crippen LogP contribution in [0.5, 0.6) is 0 Å². The van der Waals surface area contributed by atoms with Crippen LogP contribution in [0.15, 0.2) is 12.5 Å². The molecule has 0 fully saturated rings. The lowest BCUT2D eigenvalue weighted by Gasteiger charge is -2.21. The van der Waals surface area contributed by atoms with Crippen LogP contribution >= 0.6 is 0 Å². The lowest BCUT2D eigenvalue weighted by Crippen LogP contribution is -2.51. The minimum absolute atomic E-state index is 0.105. The van der Waals surface area contributed by atoms with Gasteiger partial charge >= 0.3 is 0 Å². The molecule has 1 aromatic rings. The van der Waals surface area contributed by atoms with Crippen molar-refractivity contribution < 1.29 is 9.28 Å². The first-order valence-corrected chi connectivity index (χ1v) is 3.78. The predicted octanol–water partition coefficient (Wildman–Crippen LogP) is -0.677. The van der Waals surface area contributed by atoms with Crippen molar-refractivity contribution in [2.24, 2.45) is 5.73 Å². The summed E-state index contributed by atoms with van der Waals surface area (Å²) in [7, 11) is 0. The maximum atomic E-state index is 12.3. The Morgan fingerprint density at radius 1 is 1.85 bits per heavy atom. The zero-order valence-corrected chi connectivity index (χ0v) is 6.96. The minimum atomic E-state index is -1.34. The summed E-state index contributed by atoms with van der Waals surface area (Å²) in [6.07, 6.45) is 3.60. The summed E-state index contributed by atoms with van der Waals surface area (Å²) < 4.78 is 12.3. The van der Waals surface area contributed by atoms with E-state index < -0.39 is 5.54 Å². The fraction of sp³-hybridized carbons (Fsp3) is 0.429. The number of aldehydes is 1. The van der Waals surface area contributed by atoms with Crippen LogP contribution < -0.4 is 11.3 Å². The average Bonchev–Trinajstić information content (AvgIpc) is 2.67. The predicted molar refractivity (Wildman–Crippen MR) is 44.4 cm³/mol. The first kappa shape index (κ1) is 9.82. The number of hydrogen-bond donors (Lipinski definition) is 3. The van der Waals surface area contributed by atoms with Gasteiger partial charge in [0.25, 0.3) is 0 Å². The topological polar surface area (TPSA) is 83.8 Å². The van der Waals surface area contributed by atoms with Crippen LogP contribution in [0.25, 0.3) is 0 Å². The van der Waals surface area contributed by atoms with Crippen LogP contribution in [-0.2, 0) is 11.2 Å². The van der Waals surface area contributed by atoms with Gasteiger partial charge in [0.1, 0.15) is 11.8 Å². The number of aromatic nitrogens is 2. The number of carbonyl (C=O) groups is 1. The molecule has 5 nitrogen and oxygen atoms in total. The number of rotatable bonds is 5. The zero-order valence-electron chi connectivity index (χ0n) is 6.96. The second-order valence-corrected chi connectivity index (χ2v) is 2.83. The maximum Gasteiger partial charge on any atom is 0.144 e. The molecule has 13 heavy (non-hydrogen) atoms. The highest BCUT2D eigenvalue weighted by Crippen LogP contribution is 2.07. The molecule has 1 heterocycles. The van der Waals surface area contributed by atoms with E-state index in [1.807, 2.05) is 0 Å². The summed E-state index contributed by atoms with van der Waals surface area (Å²) in [5, 5.41) is 0. The Morgan fingerprint density at radius 3 is 3.00 bits per heavy atom. The molecule has 1 aromatic heterocycles. The highest BCUT2D eigenvalue weighted by atomic mass is 19.2. The van der Waals surface area contributed by atoms with Crippen LogP contribution in [-0.4, -0.2) is 28.3 Å². The Bertz CT molecular complexity index is 257. The van der Waals surface area contributed by atoms with E-state index >= 15 is 0 Å². The third kappa shape index (κ3) is 2.10. The molecule has 0 saturated carbocycles. The first-order chi connectivity index (χ1) is 6.26. The van der Waals surface area contributed by atoms with E-state index in [-0.39, 0.29) is 13.0 Å². The molecule has 0 radical (unpaired) electrons. The molecule has 0 aliphatic rings. The SMILES string of the molecule is NCC(C=O)(Cc1cnc[nH]1)NF. The fourth-order valence-electron chi connectivity index (χ4n) is 0.977. The Morgan fingerprint density at radius 2 is 2.62 bits per heavy atom. The number of imidazole rings is 1. The second kappa shape index (κ2) is 4.11. The fourth-order valence-corrected chi connectivity index (χ4v) is 0.977. The molecule has 4 N–H and O–H groups in total. The molecule has 0 aliphatic heterocycles. The van der Waals surface area contributed by atoms with E-state index in [0.29, 0.717) is 12.0 Å². The smallest absolute Gasteiger partial charge is 0.144 e. The van der Waals surface area contributed by atoms with Gasteiger partial charge in [0, 0.05) is 24.9 Å². The van der Waals surface area contributed by atoms with E-state index in [4.69, 9.17) is 5.73 Å². The average molecular weight is 186 g/mol. The number of H-pyrrole nitrogens is 1. The molecular formula is C7H11FN4O. The number of hydrogen-bond acceptors (Lipinski definition) is 4. The molecule has 0 amide bonds. The summed E-state index contributed by atoms with van der Waals surface area (Å²) in [5.74, 6) is 0. The monoisotopic (exact) mass is 186 g/mol. The van der Waals surface area contributed by atoms with E-state index in [2.05, 4.69) is 9.97 Å². The summed E-state index contributed by atoms with van der Waals surface area (Å²) in [4.78, 5) is 17.1. The van der Waals surface area contributed by atoms with Gasteiger partial charge in [0.05, 0.1) is 6.33 Å². The van der Waals surface area contributed by atoms with Crippen molar-refractivity contribution in [1.82, 2.24) is 15.5 Å². The lowest BCUT2D eigenvalue weighted by molar-refractivity contribution is -0.114. The molecule has 1 unspecified atom stereocenters. The molecule has 0 aromatic carbocycles. The number of nitrogens with zero attached hydrogens (tertiary/aromatic N) is 1. The molecule has 0 aliphatic carbocycles. The summed E-state index contributed by atoms with van der Waals surface area (Å²) in [6, 6.07) is 0. The van der Waals surface area contributed by atoms with Gasteiger partial charge in [-0.25, -0.2) is 4.98 Å². The van der Waals surface area contributed by atoms with Crippen LogP contribution in [0, 0.1) is 0 Å². The standard InChI is InChI=1S/C7H11FN4O/c8-12-7(3-9,4-13)1-6-2-10-5-11-6/h2,4-5,12H,1,3,9H2,(H,10,11). The van der Waals surface area contributed by atoms with Gasteiger partial charge in [-0.2, -0.15) is 0 Å². The number of carbonyl (C=O) groups excluding carboxylic acids is 1. The van der Waals surface area contributed by atoms with Crippen LogP contribution in [0.3, 0.4) is 0 Å². The van der Waals surface area contributed by atoms with E-state index in [9.17, 15) is 9.28 Å². The van der Waals surface area contributed by atoms with Crippen molar-refractivity contribution >= 4 is 6.29 Å². The molecule has 0 saturated heterocycles. The Balaban J connectivity index is 2.73.